The van der Waals surface area contributed by atoms with Crippen molar-refractivity contribution in [3.63, 3.8) is 0 Å². The molecule has 0 aliphatic carbocycles. The molecule has 0 radical (unpaired) electrons. The van der Waals surface area contributed by atoms with Crippen LogP contribution in [0.25, 0.3) is 0 Å². The zero-order valence-corrected chi connectivity index (χ0v) is 12.4. The molecular weight excluding hydrogens is 258 g/mol. The molecule has 2 heteroatoms. The van der Waals surface area contributed by atoms with Crippen LogP contribution in [0, 0.1) is 0 Å². The molecule has 21 heavy (non-hydrogen) atoms. The molecule has 1 aliphatic rings. The van der Waals surface area contributed by atoms with E-state index in [9.17, 15) is 0 Å². The molecule has 0 N–H and O–H groups in total. The first kappa shape index (κ1) is 13.9. The Morgan fingerprint density at radius 1 is 1.10 bits per heavy atom. The summed E-state index contributed by atoms with van der Waals surface area (Å²) in [4.78, 5) is 2.49. The maximum absolute atomic E-state index is 5.33. The Morgan fingerprint density at radius 3 is 2.76 bits per heavy atom. The predicted octanol–water partition coefficient (Wildman–Crippen LogP) is 3.85. The second kappa shape index (κ2) is 6.59. The van der Waals surface area contributed by atoms with Gasteiger partial charge in [-0.1, -0.05) is 54.6 Å². The predicted molar refractivity (Wildman–Crippen MR) is 86.6 cm³/mol. The highest BCUT2D eigenvalue weighted by Gasteiger charge is 2.17. The number of methoxy groups -OCH3 is 1. The van der Waals surface area contributed by atoms with Gasteiger partial charge in [-0.05, 0) is 23.3 Å². The minimum Gasteiger partial charge on any atom is -0.497 e. The molecule has 108 valence electrons. The Morgan fingerprint density at radius 2 is 1.95 bits per heavy atom. The highest BCUT2D eigenvalue weighted by molar-refractivity contribution is 5.34. The molecule has 2 aromatic rings. The van der Waals surface area contributed by atoms with E-state index in [2.05, 4.69) is 65.6 Å². The normalized spacial score (nSPS) is 18.6. The van der Waals surface area contributed by atoms with Gasteiger partial charge in [-0.2, -0.15) is 0 Å². The lowest BCUT2D eigenvalue weighted by Crippen LogP contribution is -2.31. The van der Waals surface area contributed by atoms with Gasteiger partial charge >= 0.3 is 0 Å². The van der Waals surface area contributed by atoms with Gasteiger partial charge in [0.2, 0.25) is 0 Å². The second-order valence-electron chi connectivity index (χ2n) is 5.49. The zero-order valence-electron chi connectivity index (χ0n) is 12.4. The molecule has 1 aliphatic heterocycles. The summed E-state index contributed by atoms with van der Waals surface area (Å²) in [6, 6.07) is 19.1. The molecule has 3 rings (SSSR count). The summed E-state index contributed by atoms with van der Waals surface area (Å²) in [5.41, 5.74) is 2.69. The van der Waals surface area contributed by atoms with Gasteiger partial charge in [0.15, 0.2) is 0 Å². The van der Waals surface area contributed by atoms with Crippen molar-refractivity contribution in [1.82, 2.24) is 4.90 Å². The van der Waals surface area contributed by atoms with Gasteiger partial charge < -0.3 is 4.74 Å². The van der Waals surface area contributed by atoms with E-state index in [1.165, 1.54) is 11.1 Å². The van der Waals surface area contributed by atoms with Gasteiger partial charge in [0.05, 0.1) is 7.11 Å². The summed E-state index contributed by atoms with van der Waals surface area (Å²) in [6.07, 6.45) is 4.59. The number of hydrogen-bond acceptors (Lipinski definition) is 2. The van der Waals surface area contributed by atoms with E-state index >= 15 is 0 Å². The SMILES string of the molecule is COc1cccc(C2C=CCN(Cc3ccccc3)C2)c1. The van der Waals surface area contributed by atoms with E-state index in [1.807, 2.05) is 6.07 Å². The van der Waals surface area contributed by atoms with E-state index in [-0.39, 0.29) is 0 Å². The van der Waals surface area contributed by atoms with Gasteiger partial charge in [-0.3, -0.25) is 4.90 Å². The Kier molecular flexibility index (Phi) is 4.37. The van der Waals surface area contributed by atoms with E-state index in [0.717, 1.165) is 25.4 Å². The smallest absolute Gasteiger partial charge is 0.119 e. The highest BCUT2D eigenvalue weighted by Crippen LogP contribution is 2.26. The van der Waals surface area contributed by atoms with E-state index < -0.39 is 0 Å². The van der Waals surface area contributed by atoms with Crippen LogP contribution in [0.3, 0.4) is 0 Å². The average Bonchev–Trinajstić information content (AvgIpc) is 2.56. The van der Waals surface area contributed by atoms with Crippen LogP contribution < -0.4 is 4.74 Å². The van der Waals surface area contributed by atoms with Gasteiger partial charge in [0.25, 0.3) is 0 Å². The topological polar surface area (TPSA) is 12.5 Å². The van der Waals surface area contributed by atoms with Crippen molar-refractivity contribution >= 4 is 0 Å². The maximum atomic E-state index is 5.33. The fourth-order valence-electron chi connectivity index (χ4n) is 2.85. The van der Waals surface area contributed by atoms with Crippen LogP contribution in [0.1, 0.15) is 17.0 Å². The van der Waals surface area contributed by atoms with E-state index in [0.29, 0.717) is 5.92 Å². The third-order valence-electron chi connectivity index (χ3n) is 3.96. The van der Waals surface area contributed by atoms with Crippen LogP contribution in [-0.4, -0.2) is 25.1 Å². The van der Waals surface area contributed by atoms with Crippen LogP contribution in [0.5, 0.6) is 5.75 Å². The fraction of sp³-hybridized carbons (Fsp3) is 0.263. The first-order valence-corrected chi connectivity index (χ1v) is 7.42. The van der Waals surface area contributed by atoms with Crippen LogP contribution in [0.2, 0.25) is 0 Å². The lowest BCUT2D eigenvalue weighted by Gasteiger charge is -2.29. The molecule has 1 heterocycles. The van der Waals surface area contributed by atoms with E-state index in [1.54, 1.807) is 7.11 Å². The van der Waals surface area contributed by atoms with Crippen LogP contribution >= 0.6 is 0 Å². The van der Waals surface area contributed by atoms with Gasteiger partial charge in [0, 0.05) is 25.6 Å². The average molecular weight is 279 g/mol. The van der Waals surface area contributed by atoms with Gasteiger partial charge in [0.1, 0.15) is 5.75 Å². The number of hydrogen-bond donors (Lipinski definition) is 0. The van der Waals surface area contributed by atoms with Crippen molar-refractivity contribution in [2.24, 2.45) is 0 Å². The molecule has 0 bridgehead atoms. The van der Waals surface area contributed by atoms with Crippen molar-refractivity contribution in [2.75, 3.05) is 20.2 Å². The fourth-order valence-corrected chi connectivity index (χ4v) is 2.85. The van der Waals surface area contributed by atoms with Gasteiger partial charge in [-0.15, -0.1) is 0 Å². The second-order valence-corrected chi connectivity index (χ2v) is 5.49. The van der Waals surface area contributed by atoms with Crippen molar-refractivity contribution in [3.05, 3.63) is 77.9 Å². The monoisotopic (exact) mass is 279 g/mol. The molecule has 1 unspecified atom stereocenters. The van der Waals surface area contributed by atoms with Gasteiger partial charge in [-0.25, -0.2) is 0 Å². The zero-order chi connectivity index (χ0) is 14.5. The number of benzene rings is 2. The number of rotatable bonds is 4. The molecule has 0 amide bonds. The van der Waals surface area contributed by atoms with E-state index in [4.69, 9.17) is 4.74 Å². The van der Waals surface area contributed by atoms with Crippen molar-refractivity contribution in [2.45, 2.75) is 12.5 Å². The molecule has 0 fully saturated rings. The molecule has 0 saturated carbocycles. The lowest BCUT2D eigenvalue weighted by atomic mass is 9.95. The van der Waals surface area contributed by atoms with Crippen LogP contribution in [-0.2, 0) is 6.54 Å². The summed E-state index contributed by atoms with van der Waals surface area (Å²) < 4.78 is 5.33. The largest absolute Gasteiger partial charge is 0.497 e. The molecule has 0 saturated heterocycles. The molecule has 2 nitrogen and oxygen atoms in total. The van der Waals surface area contributed by atoms with Crippen molar-refractivity contribution < 1.29 is 4.74 Å². The quantitative estimate of drug-likeness (QED) is 0.788. The first-order valence-electron chi connectivity index (χ1n) is 7.42. The third-order valence-corrected chi connectivity index (χ3v) is 3.96. The van der Waals surface area contributed by atoms with Crippen LogP contribution in [0.15, 0.2) is 66.7 Å². The van der Waals surface area contributed by atoms with Crippen molar-refractivity contribution in [3.8, 4) is 5.75 Å². The number of nitrogens with zero attached hydrogens (tertiary/aromatic N) is 1. The first-order chi connectivity index (χ1) is 10.3. The Labute approximate surface area is 126 Å². The lowest BCUT2D eigenvalue weighted by molar-refractivity contribution is 0.275. The van der Waals surface area contributed by atoms with Crippen LogP contribution in [0.4, 0.5) is 0 Å². The Balaban J connectivity index is 1.71. The molecule has 0 aromatic heterocycles. The molecule has 1 atom stereocenters. The molecular formula is C19H21NO. The molecule has 0 spiro atoms. The minimum atomic E-state index is 0.442. The highest BCUT2D eigenvalue weighted by atomic mass is 16.5. The summed E-state index contributed by atoms with van der Waals surface area (Å²) in [6.45, 7) is 3.08. The minimum absolute atomic E-state index is 0.442. The summed E-state index contributed by atoms with van der Waals surface area (Å²) >= 11 is 0. The third kappa shape index (κ3) is 3.53. The summed E-state index contributed by atoms with van der Waals surface area (Å²) in [5, 5.41) is 0. The van der Waals surface area contributed by atoms with Crippen molar-refractivity contribution in [1.29, 1.82) is 0 Å². The molecule has 2 aromatic carbocycles. The standard InChI is InChI=1S/C19H21NO/c1-21-19-11-5-9-17(13-19)18-10-6-12-20(15-18)14-16-7-3-2-4-8-16/h2-11,13,18H,12,14-15H2,1H3. The Bertz CT molecular complexity index is 606. The summed E-state index contributed by atoms with van der Waals surface area (Å²) in [5.74, 6) is 1.37. The Hall–Kier alpha value is -2.06. The number of ether oxygens (including phenoxy) is 1. The summed E-state index contributed by atoms with van der Waals surface area (Å²) in [7, 11) is 1.72. The maximum Gasteiger partial charge on any atom is 0.119 e.